The second kappa shape index (κ2) is 4.33. The molecule has 0 aliphatic carbocycles. The average Bonchev–Trinajstić information content (AvgIpc) is 2.84. The molecule has 0 aromatic carbocycles. The van der Waals surface area contributed by atoms with E-state index in [1.165, 1.54) is 0 Å². The van der Waals surface area contributed by atoms with Crippen LogP contribution in [-0.2, 0) is 0 Å². The number of rotatable bonds is 3. The maximum Gasteiger partial charge on any atom is 0.198 e. The van der Waals surface area contributed by atoms with Gasteiger partial charge in [0.2, 0.25) is 0 Å². The zero-order chi connectivity index (χ0) is 10.8. The Morgan fingerprint density at radius 1 is 1.73 bits per heavy atom. The summed E-state index contributed by atoms with van der Waals surface area (Å²) in [4.78, 5) is 6.58. The molecule has 2 unspecified atom stereocenters. The van der Waals surface area contributed by atoms with Crippen LogP contribution in [0.5, 0.6) is 0 Å². The minimum Gasteiger partial charge on any atom is -0.445 e. The molecule has 15 heavy (non-hydrogen) atoms. The highest BCUT2D eigenvalue weighted by molar-refractivity contribution is 5.05. The van der Waals surface area contributed by atoms with Crippen LogP contribution in [0.1, 0.15) is 36.8 Å². The van der Waals surface area contributed by atoms with Crippen LogP contribution in [0.3, 0.4) is 0 Å². The lowest BCUT2D eigenvalue weighted by molar-refractivity contribution is 0.253. The lowest BCUT2D eigenvalue weighted by atomic mass is 10.1. The second-order valence-electron chi connectivity index (χ2n) is 4.43. The second-order valence-corrected chi connectivity index (χ2v) is 4.43. The van der Waals surface area contributed by atoms with E-state index in [1.807, 2.05) is 6.92 Å². The van der Waals surface area contributed by atoms with Gasteiger partial charge in [-0.05, 0) is 20.0 Å². The van der Waals surface area contributed by atoms with E-state index in [1.54, 1.807) is 6.20 Å². The molecule has 0 spiro atoms. The lowest BCUT2D eigenvalue weighted by Crippen LogP contribution is -2.13. The van der Waals surface area contributed by atoms with Gasteiger partial charge in [0.05, 0.1) is 12.8 Å². The summed E-state index contributed by atoms with van der Waals surface area (Å²) in [5, 5.41) is 9.01. The molecule has 0 saturated carbocycles. The molecular formula is C11H18N2O2. The fourth-order valence-corrected chi connectivity index (χ4v) is 1.94. The zero-order valence-corrected chi connectivity index (χ0v) is 9.31. The van der Waals surface area contributed by atoms with Crippen molar-refractivity contribution in [1.29, 1.82) is 0 Å². The summed E-state index contributed by atoms with van der Waals surface area (Å²) in [6.07, 6.45) is 2.86. The van der Waals surface area contributed by atoms with E-state index in [9.17, 15) is 0 Å². The number of oxazole rings is 1. The molecule has 1 N–H and O–H groups in total. The SMILES string of the molecule is CC(CO)c1cnc(C2CCN(C)C2)o1. The maximum absolute atomic E-state index is 9.01. The third-order valence-corrected chi connectivity index (χ3v) is 3.04. The molecule has 4 heteroatoms. The van der Waals surface area contributed by atoms with Crippen molar-refractivity contribution in [3.63, 3.8) is 0 Å². The quantitative estimate of drug-likeness (QED) is 0.814. The third kappa shape index (κ3) is 2.21. The van der Waals surface area contributed by atoms with Gasteiger partial charge in [-0.15, -0.1) is 0 Å². The van der Waals surface area contributed by atoms with Gasteiger partial charge in [0.1, 0.15) is 5.76 Å². The van der Waals surface area contributed by atoms with Crippen LogP contribution >= 0.6 is 0 Å². The molecule has 1 aliphatic heterocycles. The van der Waals surface area contributed by atoms with E-state index in [2.05, 4.69) is 16.9 Å². The van der Waals surface area contributed by atoms with Crippen LogP contribution < -0.4 is 0 Å². The van der Waals surface area contributed by atoms with E-state index >= 15 is 0 Å². The number of aliphatic hydroxyl groups excluding tert-OH is 1. The van der Waals surface area contributed by atoms with Crippen molar-refractivity contribution < 1.29 is 9.52 Å². The molecule has 1 aromatic rings. The smallest absolute Gasteiger partial charge is 0.198 e. The van der Waals surface area contributed by atoms with Crippen LogP contribution in [0, 0.1) is 0 Å². The Morgan fingerprint density at radius 3 is 3.13 bits per heavy atom. The topological polar surface area (TPSA) is 49.5 Å². The van der Waals surface area contributed by atoms with Crippen LogP contribution in [-0.4, -0.2) is 41.7 Å². The van der Waals surface area contributed by atoms with E-state index in [-0.39, 0.29) is 12.5 Å². The molecule has 0 bridgehead atoms. The summed E-state index contributed by atoms with van der Waals surface area (Å²) in [7, 11) is 2.11. The molecule has 1 aromatic heterocycles. The van der Waals surface area contributed by atoms with Crippen molar-refractivity contribution in [3.8, 4) is 0 Å². The first-order valence-corrected chi connectivity index (χ1v) is 5.45. The van der Waals surface area contributed by atoms with Gasteiger partial charge in [0.15, 0.2) is 5.89 Å². The summed E-state index contributed by atoms with van der Waals surface area (Å²) in [6, 6.07) is 0. The maximum atomic E-state index is 9.01. The molecule has 1 aliphatic rings. The van der Waals surface area contributed by atoms with E-state index < -0.39 is 0 Å². The van der Waals surface area contributed by atoms with Gasteiger partial charge in [-0.1, -0.05) is 6.92 Å². The monoisotopic (exact) mass is 210 g/mol. The first kappa shape index (κ1) is 10.6. The molecule has 2 rings (SSSR count). The Labute approximate surface area is 89.9 Å². The fraction of sp³-hybridized carbons (Fsp3) is 0.727. The number of likely N-dealkylation sites (tertiary alicyclic amines) is 1. The van der Waals surface area contributed by atoms with Gasteiger partial charge >= 0.3 is 0 Å². The van der Waals surface area contributed by atoms with Crippen LogP contribution in [0.15, 0.2) is 10.6 Å². The molecule has 0 radical (unpaired) electrons. The van der Waals surface area contributed by atoms with Gasteiger partial charge in [0, 0.05) is 18.4 Å². The lowest BCUT2D eigenvalue weighted by Gasteiger charge is -2.06. The minimum atomic E-state index is 0.0467. The standard InChI is InChI=1S/C11H18N2O2/c1-8(7-14)10-5-12-11(15-10)9-3-4-13(2)6-9/h5,8-9,14H,3-4,6-7H2,1-2H3. The number of nitrogens with zero attached hydrogens (tertiary/aromatic N) is 2. The third-order valence-electron chi connectivity index (χ3n) is 3.04. The van der Waals surface area contributed by atoms with Gasteiger partial charge in [-0.3, -0.25) is 0 Å². The van der Waals surface area contributed by atoms with Crippen molar-refractivity contribution >= 4 is 0 Å². The van der Waals surface area contributed by atoms with Crippen molar-refractivity contribution in [2.45, 2.75) is 25.2 Å². The normalized spacial score (nSPS) is 24.6. The molecular weight excluding hydrogens is 192 g/mol. The highest BCUT2D eigenvalue weighted by Crippen LogP contribution is 2.27. The molecule has 84 valence electrons. The summed E-state index contributed by atoms with van der Waals surface area (Å²) in [6.45, 7) is 4.18. The Bertz CT molecular complexity index is 324. The largest absolute Gasteiger partial charge is 0.445 e. The van der Waals surface area contributed by atoms with Crippen molar-refractivity contribution in [2.75, 3.05) is 26.7 Å². The van der Waals surface area contributed by atoms with Crippen LogP contribution in [0.4, 0.5) is 0 Å². The molecule has 1 saturated heterocycles. The van der Waals surface area contributed by atoms with E-state index in [0.29, 0.717) is 5.92 Å². The van der Waals surface area contributed by atoms with Gasteiger partial charge in [0.25, 0.3) is 0 Å². The van der Waals surface area contributed by atoms with Gasteiger partial charge in [-0.2, -0.15) is 0 Å². The van der Waals surface area contributed by atoms with Crippen molar-refractivity contribution in [3.05, 3.63) is 17.8 Å². The van der Waals surface area contributed by atoms with Gasteiger partial charge in [-0.25, -0.2) is 4.98 Å². The summed E-state index contributed by atoms with van der Waals surface area (Å²) in [5.41, 5.74) is 0. The Morgan fingerprint density at radius 2 is 2.53 bits per heavy atom. The molecule has 4 nitrogen and oxygen atoms in total. The fourth-order valence-electron chi connectivity index (χ4n) is 1.94. The van der Waals surface area contributed by atoms with E-state index in [4.69, 9.17) is 9.52 Å². The number of hydrogen-bond acceptors (Lipinski definition) is 4. The van der Waals surface area contributed by atoms with Crippen LogP contribution in [0.25, 0.3) is 0 Å². The Hall–Kier alpha value is -0.870. The number of aliphatic hydroxyl groups is 1. The number of likely N-dealkylation sites (N-methyl/N-ethyl adjacent to an activating group) is 1. The predicted molar refractivity (Wildman–Crippen MR) is 56.9 cm³/mol. The Balaban J connectivity index is 2.07. The van der Waals surface area contributed by atoms with Gasteiger partial charge < -0.3 is 14.4 Å². The highest BCUT2D eigenvalue weighted by Gasteiger charge is 2.25. The van der Waals surface area contributed by atoms with Crippen molar-refractivity contribution in [2.24, 2.45) is 0 Å². The molecule has 1 fully saturated rings. The summed E-state index contributed by atoms with van der Waals surface area (Å²) >= 11 is 0. The highest BCUT2D eigenvalue weighted by atomic mass is 16.4. The van der Waals surface area contributed by atoms with E-state index in [0.717, 1.165) is 31.2 Å². The average molecular weight is 210 g/mol. The summed E-state index contributed by atoms with van der Waals surface area (Å²) in [5.74, 6) is 2.09. The number of aromatic nitrogens is 1. The molecule has 2 atom stereocenters. The van der Waals surface area contributed by atoms with Crippen LogP contribution in [0.2, 0.25) is 0 Å². The van der Waals surface area contributed by atoms with Crippen molar-refractivity contribution in [1.82, 2.24) is 9.88 Å². The Kier molecular flexibility index (Phi) is 3.07. The first-order chi connectivity index (χ1) is 7.20. The zero-order valence-electron chi connectivity index (χ0n) is 9.31. The first-order valence-electron chi connectivity index (χ1n) is 5.45. The molecule has 0 amide bonds. The number of hydrogen-bond donors (Lipinski definition) is 1. The molecule has 2 heterocycles. The predicted octanol–water partition coefficient (Wildman–Crippen LogP) is 1.19. The minimum absolute atomic E-state index is 0.0467. The summed E-state index contributed by atoms with van der Waals surface area (Å²) < 4.78 is 5.67.